The van der Waals surface area contributed by atoms with E-state index in [1.165, 1.54) is 6.08 Å². The molecular weight excluding hydrogens is 504 g/mol. The fraction of sp³-hybridized carbons (Fsp3) is 0.143. The summed E-state index contributed by atoms with van der Waals surface area (Å²) >= 11 is 6.90. The third-order valence-corrected chi connectivity index (χ3v) is 5.38. The topological polar surface area (TPSA) is 67.9 Å². The second kappa shape index (κ2) is 9.28. The van der Waals surface area contributed by atoms with Crippen molar-refractivity contribution >= 4 is 49.9 Å². The fourth-order valence-electron chi connectivity index (χ4n) is 2.70. The minimum atomic E-state index is -0.473. The van der Waals surface area contributed by atoms with Gasteiger partial charge in [0.2, 0.25) is 0 Å². The van der Waals surface area contributed by atoms with Crippen LogP contribution in [0.25, 0.3) is 6.08 Å². The molecule has 1 heterocycles. The molecule has 150 valence electrons. The van der Waals surface area contributed by atoms with Gasteiger partial charge < -0.3 is 14.8 Å². The molecule has 3 rings (SSSR count). The van der Waals surface area contributed by atoms with Crippen molar-refractivity contribution in [2.45, 2.75) is 6.61 Å². The summed E-state index contributed by atoms with van der Waals surface area (Å²) in [6.45, 7) is 4.08. The smallest absolute Gasteiger partial charge is 0.329 e. The molecule has 1 aliphatic heterocycles. The van der Waals surface area contributed by atoms with Gasteiger partial charge in [0.15, 0.2) is 11.5 Å². The van der Waals surface area contributed by atoms with Crippen molar-refractivity contribution in [3.63, 3.8) is 0 Å². The van der Waals surface area contributed by atoms with Gasteiger partial charge in [0.05, 0.1) is 7.11 Å². The molecule has 0 aliphatic carbocycles. The lowest BCUT2D eigenvalue weighted by Crippen LogP contribution is -2.30. The van der Waals surface area contributed by atoms with Crippen LogP contribution in [-0.4, -0.2) is 30.5 Å². The van der Waals surface area contributed by atoms with Crippen LogP contribution >= 0.6 is 31.9 Å². The average molecular weight is 522 g/mol. The minimum Gasteiger partial charge on any atom is -0.493 e. The van der Waals surface area contributed by atoms with Crippen molar-refractivity contribution in [3.8, 4) is 11.5 Å². The molecule has 0 bridgehead atoms. The maximum absolute atomic E-state index is 12.4. The highest BCUT2D eigenvalue weighted by molar-refractivity contribution is 9.10. The first-order chi connectivity index (χ1) is 13.9. The zero-order valence-electron chi connectivity index (χ0n) is 15.6. The zero-order chi connectivity index (χ0) is 21.0. The number of imide groups is 1. The number of halogens is 2. The molecule has 29 heavy (non-hydrogen) atoms. The number of benzene rings is 2. The Bertz CT molecular complexity index is 987. The number of nitrogens with zero attached hydrogens (tertiary/aromatic N) is 1. The van der Waals surface area contributed by atoms with E-state index in [2.05, 4.69) is 43.8 Å². The molecule has 2 aromatic carbocycles. The molecule has 1 fully saturated rings. The first-order valence-electron chi connectivity index (χ1n) is 8.63. The quantitative estimate of drug-likeness (QED) is 0.320. The number of nitrogens with one attached hydrogen (secondary N) is 1. The third kappa shape index (κ3) is 4.89. The number of amides is 3. The molecule has 1 N–H and O–H groups in total. The van der Waals surface area contributed by atoms with Gasteiger partial charge in [-0.1, -0.05) is 50.1 Å². The first kappa shape index (κ1) is 21.1. The number of rotatable bonds is 7. The lowest BCUT2D eigenvalue weighted by Gasteiger charge is -2.13. The summed E-state index contributed by atoms with van der Waals surface area (Å²) in [4.78, 5) is 25.4. The van der Waals surface area contributed by atoms with E-state index < -0.39 is 11.9 Å². The van der Waals surface area contributed by atoms with Crippen LogP contribution in [0.5, 0.6) is 11.5 Å². The van der Waals surface area contributed by atoms with Crippen molar-refractivity contribution in [2.75, 3.05) is 13.7 Å². The van der Waals surface area contributed by atoms with Crippen molar-refractivity contribution in [2.24, 2.45) is 0 Å². The maximum Gasteiger partial charge on any atom is 0.329 e. The van der Waals surface area contributed by atoms with E-state index in [1.807, 2.05) is 24.3 Å². The summed E-state index contributed by atoms with van der Waals surface area (Å²) in [5.41, 5.74) is 1.87. The van der Waals surface area contributed by atoms with Crippen LogP contribution in [0.4, 0.5) is 4.79 Å². The van der Waals surface area contributed by atoms with Gasteiger partial charge in [-0.2, -0.15) is 0 Å². The third-order valence-electron chi connectivity index (χ3n) is 4.16. The number of hydrogen-bond donors (Lipinski definition) is 1. The average Bonchev–Trinajstić information content (AvgIpc) is 2.97. The number of ether oxygens (including phenoxy) is 2. The van der Waals surface area contributed by atoms with E-state index in [0.29, 0.717) is 28.1 Å². The standard InChI is InChI=1S/C21H18Br2N2O4/c1-3-8-25-20(26)17(24-21(25)27)9-14-10-18(28-2)19(11-16(14)23)29-12-13-4-6-15(22)7-5-13/h3-7,9-11H,1,8,12H2,2H3,(H,24,27)/b17-9+. The van der Waals surface area contributed by atoms with Crippen LogP contribution in [0.15, 0.2) is 63.7 Å². The second-order valence-corrected chi connectivity index (χ2v) is 7.90. The molecule has 1 aliphatic rings. The number of urea groups is 1. The molecule has 8 heteroatoms. The summed E-state index contributed by atoms with van der Waals surface area (Å²) < 4.78 is 13.0. The van der Waals surface area contributed by atoms with Crippen LogP contribution in [0.2, 0.25) is 0 Å². The van der Waals surface area contributed by atoms with Crippen LogP contribution in [0.1, 0.15) is 11.1 Å². The predicted molar refractivity (Wildman–Crippen MR) is 118 cm³/mol. The van der Waals surface area contributed by atoms with Crippen molar-refractivity contribution in [1.29, 1.82) is 0 Å². The minimum absolute atomic E-state index is 0.148. The highest BCUT2D eigenvalue weighted by atomic mass is 79.9. The van der Waals surface area contributed by atoms with E-state index in [1.54, 1.807) is 25.3 Å². The Morgan fingerprint density at radius 1 is 1.14 bits per heavy atom. The van der Waals surface area contributed by atoms with E-state index in [-0.39, 0.29) is 12.2 Å². The van der Waals surface area contributed by atoms with Gasteiger partial charge in [-0.25, -0.2) is 4.79 Å². The highest BCUT2D eigenvalue weighted by Crippen LogP contribution is 2.35. The van der Waals surface area contributed by atoms with Crippen LogP contribution < -0.4 is 14.8 Å². The first-order valence-corrected chi connectivity index (χ1v) is 10.2. The molecule has 6 nitrogen and oxygen atoms in total. The Hall–Kier alpha value is -2.58. The molecular formula is C21H18Br2N2O4. The Labute approximate surface area is 185 Å². The molecule has 0 spiro atoms. The van der Waals surface area contributed by atoms with Crippen molar-refractivity contribution < 1.29 is 19.1 Å². The van der Waals surface area contributed by atoms with Gasteiger partial charge in [-0.15, -0.1) is 6.58 Å². The summed E-state index contributed by atoms with van der Waals surface area (Å²) in [6.07, 6.45) is 3.09. The predicted octanol–water partition coefficient (Wildman–Crippen LogP) is 4.88. The van der Waals surface area contributed by atoms with Crippen molar-refractivity contribution in [1.82, 2.24) is 10.2 Å². The molecule has 0 atom stereocenters. The molecule has 2 aromatic rings. The maximum atomic E-state index is 12.4. The Balaban J connectivity index is 1.83. The van der Waals surface area contributed by atoms with E-state index >= 15 is 0 Å². The molecule has 0 saturated carbocycles. The fourth-order valence-corrected chi connectivity index (χ4v) is 3.40. The van der Waals surface area contributed by atoms with E-state index in [9.17, 15) is 9.59 Å². The van der Waals surface area contributed by atoms with Gasteiger partial charge in [0.1, 0.15) is 12.3 Å². The van der Waals surface area contributed by atoms with Crippen LogP contribution in [-0.2, 0) is 11.4 Å². The van der Waals surface area contributed by atoms with E-state index in [4.69, 9.17) is 9.47 Å². The van der Waals surface area contributed by atoms with Crippen LogP contribution in [0.3, 0.4) is 0 Å². The highest BCUT2D eigenvalue weighted by Gasteiger charge is 2.32. The summed E-state index contributed by atoms with van der Waals surface area (Å²) in [6, 6.07) is 10.9. The summed E-state index contributed by atoms with van der Waals surface area (Å²) in [5, 5.41) is 2.57. The SMILES string of the molecule is C=CCN1C(=O)N/C(=C/c2cc(OC)c(OCc3ccc(Br)cc3)cc2Br)C1=O. The molecule has 0 aromatic heterocycles. The monoisotopic (exact) mass is 520 g/mol. The molecule has 1 saturated heterocycles. The molecule has 3 amide bonds. The number of methoxy groups -OCH3 is 1. The Morgan fingerprint density at radius 3 is 2.52 bits per heavy atom. The van der Waals surface area contributed by atoms with Gasteiger partial charge in [-0.3, -0.25) is 9.69 Å². The van der Waals surface area contributed by atoms with Gasteiger partial charge >= 0.3 is 6.03 Å². The largest absolute Gasteiger partial charge is 0.493 e. The lowest BCUT2D eigenvalue weighted by atomic mass is 10.1. The van der Waals surface area contributed by atoms with Crippen LogP contribution in [0, 0.1) is 0 Å². The van der Waals surface area contributed by atoms with Crippen molar-refractivity contribution in [3.05, 3.63) is 74.8 Å². The number of hydrogen-bond acceptors (Lipinski definition) is 4. The normalized spacial score (nSPS) is 14.9. The molecule has 0 unspecified atom stereocenters. The van der Waals surface area contributed by atoms with Gasteiger partial charge in [0.25, 0.3) is 5.91 Å². The number of carbonyl (C=O) groups excluding carboxylic acids is 2. The van der Waals surface area contributed by atoms with Gasteiger partial charge in [-0.05, 0) is 41.5 Å². The number of carbonyl (C=O) groups is 2. The summed E-state index contributed by atoms with van der Waals surface area (Å²) in [7, 11) is 1.54. The Morgan fingerprint density at radius 2 is 1.86 bits per heavy atom. The second-order valence-electron chi connectivity index (χ2n) is 6.13. The molecule has 0 radical (unpaired) electrons. The lowest BCUT2D eigenvalue weighted by molar-refractivity contribution is -0.122. The van der Waals surface area contributed by atoms with E-state index in [0.717, 1.165) is 14.9 Å². The van der Waals surface area contributed by atoms with Gasteiger partial charge in [0, 0.05) is 15.5 Å². The Kier molecular flexibility index (Phi) is 6.76. The summed E-state index contributed by atoms with van der Waals surface area (Å²) in [5.74, 6) is 0.660. The zero-order valence-corrected chi connectivity index (χ0v) is 18.7.